The molecule has 2 rings (SSSR count). The molecule has 1 aliphatic carbocycles. The van der Waals surface area contributed by atoms with Gasteiger partial charge in [-0.25, -0.2) is 0 Å². The standard InChI is InChI=1S/C20H31N3O2/c1-4-5-6-7-8-9-19(24)21-16-12-13-18(23(2)3)17(14-16)20(25)22-15-10-11-15/h12-15H,4-11H2,1-3H3,(H,21,24)(H,22,25). The number of carbonyl (C=O) groups excluding carboxylic acids is 2. The van der Waals surface area contributed by atoms with Gasteiger partial charge in [-0.3, -0.25) is 9.59 Å². The molecule has 138 valence electrons. The highest BCUT2D eigenvalue weighted by atomic mass is 16.2. The average Bonchev–Trinajstić information content (AvgIpc) is 3.38. The van der Waals surface area contributed by atoms with Crippen LogP contribution in [-0.4, -0.2) is 32.0 Å². The monoisotopic (exact) mass is 345 g/mol. The number of amides is 2. The Morgan fingerprint density at radius 3 is 2.48 bits per heavy atom. The lowest BCUT2D eigenvalue weighted by Gasteiger charge is -2.18. The van der Waals surface area contributed by atoms with Crippen molar-refractivity contribution in [3.63, 3.8) is 0 Å². The fourth-order valence-corrected chi connectivity index (χ4v) is 2.79. The lowest BCUT2D eigenvalue weighted by atomic mass is 10.1. The number of hydrogen-bond donors (Lipinski definition) is 2. The van der Waals surface area contributed by atoms with E-state index in [1.165, 1.54) is 19.3 Å². The van der Waals surface area contributed by atoms with Crippen molar-refractivity contribution in [1.82, 2.24) is 5.32 Å². The molecule has 5 heteroatoms. The van der Waals surface area contributed by atoms with Gasteiger partial charge in [-0.1, -0.05) is 32.6 Å². The molecule has 1 aromatic carbocycles. The molecule has 1 aromatic rings. The second-order valence-corrected chi connectivity index (χ2v) is 7.09. The van der Waals surface area contributed by atoms with Gasteiger partial charge < -0.3 is 15.5 Å². The number of hydrogen-bond acceptors (Lipinski definition) is 3. The number of unbranched alkanes of at least 4 members (excludes halogenated alkanes) is 4. The van der Waals surface area contributed by atoms with Gasteiger partial charge in [-0.05, 0) is 37.5 Å². The molecular weight excluding hydrogens is 314 g/mol. The molecule has 5 nitrogen and oxygen atoms in total. The normalized spacial score (nSPS) is 13.4. The van der Waals surface area contributed by atoms with E-state index in [1.54, 1.807) is 6.07 Å². The molecule has 25 heavy (non-hydrogen) atoms. The van der Waals surface area contributed by atoms with E-state index < -0.39 is 0 Å². The predicted molar refractivity (Wildman–Crippen MR) is 103 cm³/mol. The van der Waals surface area contributed by atoms with Crippen LogP contribution in [0.15, 0.2) is 18.2 Å². The molecule has 0 aromatic heterocycles. The highest BCUT2D eigenvalue weighted by molar-refractivity contribution is 6.02. The minimum absolute atomic E-state index is 0.0163. The highest BCUT2D eigenvalue weighted by Crippen LogP contribution is 2.25. The Labute approximate surface area is 151 Å². The van der Waals surface area contributed by atoms with Crippen molar-refractivity contribution >= 4 is 23.2 Å². The summed E-state index contributed by atoms with van der Waals surface area (Å²) >= 11 is 0. The fourth-order valence-electron chi connectivity index (χ4n) is 2.79. The number of nitrogens with one attached hydrogen (secondary N) is 2. The van der Waals surface area contributed by atoms with Crippen LogP contribution in [0.25, 0.3) is 0 Å². The summed E-state index contributed by atoms with van der Waals surface area (Å²) < 4.78 is 0. The molecule has 2 N–H and O–H groups in total. The zero-order valence-corrected chi connectivity index (χ0v) is 15.7. The number of benzene rings is 1. The summed E-state index contributed by atoms with van der Waals surface area (Å²) in [6.07, 6.45) is 8.26. The first kappa shape index (κ1) is 19.3. The molecule has 2 amide bonds. The molecule has 0 spiro atoms. The van der Waals surface area contributed by atoms with Crippen LogP contribution in [0.4, 0.5) is 11.4 Å². The van der Waals surface area contributed by atoms with Crippen LogP contribution in [0.1, 0.15) is 68.6 Å². The van der Waals surface area contributed by atoms with Crippen LogP contribution >= 0.6 is 0 Å². The zero-order valence-electron chi connectivity index (χ0n) is 15.7. The van der Waals surface area contributed by atoms with E-state index in [0.717, 1.165) is 31.4 Å². The Hall–Kier alpha value is -2.04. The zero-order chi connectivity index (χ0) is 18.2. The fraction of sp³-hybridized carbons (Fsp3) is 0.600. The Kier molecular flexibility index (Phi) is 7.29. The van der Waals surface area contributed by atoms with Crippen molar-refractivity contribution < 1.29 is 9.59 Å². The first-order chi connectivity index (χ1) is 12.0. The molecule has 1 aliphatic rings. The summed E-state index contributed by atoms with van der Waals surface area (Å²) in [5.41, 5.74) is 2.15. The van der Waals surface area contributed by atoms with Gasteiger partial charge in [0.25, 0.3) is 5.91 Å². The van der Waals surface area contributed by atoms with Crippen molar-refractivity contribution in [3.8, 4) is 0 Å². The van der Waals surface area contributed by atoms with Gasteiger partial charge in [0.1, 0.15) is 0 Å². The largest absolute Gasteiger partial charge is 0.377 e. The van der Waals surface area contributed by atoms with E-state index in [9.17, 15) is 9.59 Å². The second kappa shape index (κ2) is 9.44. The van der Waals surface area contributed by atoms with E-state index >= 15 is 0 Å². The van der Waals surface area contributed by atoms with Crippen molar-refractivity contribution in [2.45, 2.75) is 64.3 Å². The molecule has 0 bridgehead atoms. The third kappa shape index (κ3) is 6.40. The lowest BCUT2D eigenvalue weighted by molar-refractivity contribution is -0.116. The molecule has 0 heterocycles. The lowest BCUT2D eigenvalue weighted by Crippen LogP contribution is -2.27. The summed E-state index contributed by atoms with van der Waals surface area (Å²) in [6, 6.07) is 5.84. The molecule has 0 aliphatic heterocycles. The molecule has 0 atom stereocenters. The van der Waals surface area contributed by atoms with Gasteiger partial charge >= 0.3 is 0 Å². The van der Waals surface area contributed by atoms with Crippen LogP contribution in [0, 0.1) is 0 Å². The number of rotatable bonds is 10. The Morgan fingerprint density at radius 2 is 1.84 bits per heavy atom. The first-order valence-corrected chi connectivity index (χ1v) is 9.43. The van der Waals surface area contributed by atoms with Crippen molar-refractivity contribution in [1.29, 1.82) is 0 Å². The maximum Gasteiger partial charge on any atom is 0.253 e. The Bertz CT molecular complexity index is 595. The van der Waals surface area contributed by atoms with Crippen LogP contribution in [0.5, 0.6) is 0 Å². The van der Waals surface area contributed by atoms with E-state index in [4.69, 9.17) is 0 Å². The molecule has 0 unspecified atom stereocenters. The average molecular weight is 345 g/mol. The van der Waals surface area contributed by atoms with Crippen LogP contribution in [0.3, 0.4) is 0 Å². The minimum Gasteiger partial charge on any atom is -0.377 e. The quantitative estimate of drug-likeness (QED) is 0.631. The van der Waals surface area contributed by atoms with Crippen LogP contribution in [-0.2, 0) is 4.79 Å². The summed E-state index contributed by atoms with van der Waals surface area (Å²) in [4.78, 5) is 26.5. The first-order valence-electron chi connectivity index (χ1n) is 9.43. The summed E-state index contributed by atoms with van der Waals surface area (Å²) in [5.74, 6) is -0.0514. The van der Waals surface area contributed by atoms with Crippen LogP contribution in [0.2, 0.25) is 0 Å². The van der Waals surface area contributed by atoms with E-state index in [1.807, 2.05) is 31.1 Å². The second-order valence-electron chi connectivity index (χ2n) is 7.09. The smallest absolute Gasteiger partial charge is 0.253 e. The summed E-state index contributed by atoms with van der Waals surface area (Å²) in [6.45, 7) is 2.18. The molecule has 1 fully saturated rings. The molecular formula is C20H31N3O2. The highest BCUT2D eigenvalue weighted by Gasteiger charge is 2.25. The summed E-state index contributed by atoms with van der Waals surface area (Å²) in [5, 5.41) is 5.95. The summed E-state index contributed by atoms with van der Waals surface area (Å²) in [7, 11) is 3.83. The van der Waals surface area contributed by atoms with Gasteiger partial charge in [0.15, 0.2) is 0 Å². The van der Waals surface area contributed by atoms with Crippen molar-refractivity contribution in [3.05, 3.63) is 23.8 Å². The number of anilines is 2. The predicted octanol–water partition coefficient (Wildman–Crippen LogP) is 3.94. The van der Waals surface area contributed by atoms with E-state index in [2.05, 4.69) is 17.6 Å². The number of carbonyl (C=O) groups is 2. The van der Waals surface area contributed by atoms with Gasteiger partial charge in [0, 0.05) is 37.9 Å². The number of nitrogens with zero attached hydrogens (tertiary/aromatic N) is 1. The van der Waals surface area contributed by atoms with Gasteiger partial charge in [-0.2, -0.15) is 0 Å². The molecule has 0 radical (unpaired) electrons. The Balaban J connectivity index is 1.95. The third-order valence-electron chi connectivity index (χ3n) is 4.43. The SMILES string of the molecule is CCCCCCCC(=O)Nc1ccc(N(C)C)c(C(=O)NC2CC2)c1. The minimum atomic E-state index is -0.0677. The van der Waals surface area contributed by atoms with E-state index in [-0.39, 0.29) is 11.8 Å². The topological polar surface area (TPSA) is 61.4 Å². The van der Waals surface area contributed by atoms with E-state index in [0.29, 0.717) is 23.7 Å². The van der Waals surface area contributed by atoms with Gasteiger partial charge in [0.05, 0.1) is 5.56 Å². The molecule has 1 saturated carbocycles. The van der Waals surface area contributed by atoms with Crippen LogP contribution < -0.4 is 15.5 Å². The van der Waals surface area contributed by atoms with Gasteiger partial charge in [0.2, 0.25) is 5.91 Å². The van der Waals surface area contributed by atoms with Gasteiger partial charge in [-0.15, -0.1) is 0 Å². The third-order valence-corrected chi connectivity index (χ3v) is 4.43. The maximum atomic E-state index is 12.5. The van der Waals surface area contributed by atoms with Crippen molar-refractivity contribution in [2.24, 2.45) is 0 Å². The Morgan fingerprint density at radius 1 is 1.12 bits per heavy atom. The molecule has 0 saturated heterocycles. The maximum absolute atomic E-state index is 12.5. The van der Waals surface area contributed by atoms with Crippen molar-refractivity contribution in [2.75, 3.05) is 24.3 Å².